The highest BCUT2D eigenvalue weighted by molar-refractivity contribution is 7.21. The number of ether oxygens (including phenoxy) is 2. The topological polar surface area (TPSA) is 121 Å². The number of aryl methyl sites for hydroxylation is 1. The molecule has 1 aromatic carbocycles. The molecule has 1 saturated heterocycles. The smallest absolute Gasteiger partial charge is 0.332 e. The van der Waals surface area contributed by atoms with Crippen LogP contribution in [0.3, 0.4) is 0 Å². The van der Waals surface area contributed by atoms with Crippen molar-refractivity contribution in [3.63, 3.8) is 0 Å². The van der Waals surface area contributed by atoms with E-state index < -0.39 is 35.3 Å². The van der Waals surface area contributed by atoms with Gasteiger partial charge in [0.05, 0.1) is 31.2 Å². The minimum absolute atomic E-state index is 0.0657. The maximum atomic E-state index is 14.7. The number of methoxy groups -OCH3 is 1. The Morgan fingerprint density at radius 1 is 1.16 bits per heavy atom. The van der Waals surface area contributed by atoms with Gasteiger partial charge in [0, 0.05) is 37.1 Å². The van der Waals surface area contributed by atoms with Crippen LogP contribution in [0.15, 0.2) is 46.2 Å². The molecular formula is C30H34FN5O6S. The van der Waals surface area contributed by atoms with Gasteiger partial charge in [-0.2, -0.15) is 5.10 Å². The van der Waals surface area contributed by atoms with Gasteiger partial charge >= 0.3 is 5.69 Å². The van der Waals surface area contributed by atoms with E-state index in [4.69, 9.17) is 9.47 Å². The number of carbonyl (C=O) groups excluding carboxylic acids is 1. The third kappa shape index (κ3) is 5.30. The Balaban J connectivity index is 1.55. The summed E-state index contributed by atoms with van der Waals surface area (Å²) >= 11 is 1.25. The molecule has 2 atom stereocenters. The minimum atomic E-state index is -0.934. The molecule has 13 heteroatoms. The molecule has 1 unspecified atom stereocenters. The lowest BCUT2D eigenvalue weighted by Gasteiger charge is -2.31. The summed E-state index contributed by atoms with van der Waals surface area (Å²) in [5.74, 6) is -0.392. The van der Waals surface area contributed by atoms with Gasteiger partial charge < -0.3 is 19.5 Å². The molecular weight excluding hydrogens is 577 g/mol. The van der Waals surface area contributed by atoms with E-state index >= 15 is 0 Å². The Labute approximate surface area is 250 Å². The zero-order valence-electron chi connectivity index (χ0n) is 24.2. The highest BCUT2D eigenvalue weighted by Gasteiger charge is 2.36. The first-order chi connectivity index (χ1) is 20.7. The normalized spacial score (nSPS) is 21.6. The number of likely N-dealkylation sites (N-methyl/N-ethyl adjacent to an activating group) is 1. The number of benzene rings is 1. The lowest BCUT2D eigenvalue weighted by molar-refractivity contribution is -0.129. The zero-order chi connectivity index (χ0) is 30.4. The van der Waals surface area contributed by atoms with Crippen molar-refractivity contribution < 1.29 is 23.8 Å². The second-order valence-corrected chi connectivity index (χ2v) is 12.2. The van der Waals surface area contributed by atoms with Crippen LogP contribution in [0.5, 0.6) is 5.75 Å². The molecule has 0 bridgehead atoms. The molecule has 6 rings (SSSR count). The number of aliphatic hydroxyl groups excluding tert-OH is 1. The SMILES string of the molecule is COc1ccc(F)cc1[C@H](Cn1c(=O)n(C2CCN(C)C2=O)c(=O)c2c(C)c(-n3cccn3)sc21)OC1CCC(O)CC1. The number of amides is 1. The summed E-state index contributed by atoms with van der Waals surface area (Å²) in [6.07, 6.45) is 4.58. The molecule has 0 radical (unpaired) electrons. The van der Waals surface area contributed by atoms with Crippen molar-refractivity contribution in [1.29, 1.82) is 0 Å². The van der Waals surface area contributed by atoms with E-state index in [9.17, 15) is 23.9 Å². The van der Waals surface area contributed by atoms with Gasteiger partial charge in [-0.3, -0.25) is 14.2 Å². The van der Waals surface area contributed by atoms with Crippen LogP contribution in [0, 0.1) is 12.7 Å². The van der Waals surface area contributed by atoms with Crippen LogP contribution in [0.4, 0.5) is 4.39 Å². The first-order valence-electron chi connectivity index (χ1n) is 14.4. The molecule has 1 amide bonds. The molecule has 1 aliphatic carbocycles. The fourth-order valence-corrected chi connectivity index (χ4v) is 7.44. The minimum Gasteiger partial charge on any atom is -0.496 e. The van der Waals surface area contributed by atoms with Gasteiger partial charge in [-0.1, -0.05) is 11.3 Å². The molecule has 1 aliphatic heterocycles. The number of nitrogens with zero attached hydrogens (tertiary/aromatic N) is 5. The van der Waals surface area contributed by atoms with Crippen LogP contribution in [-0.2, 0) is 16.1 Å². The van der Waals surface area contributed by atoms with Crippen molar-refractivity contribution in [1.82, 2.24) is 23.8 Å². The first kappa shape index (κ1) is 29.3. The molecule has 4 heterocycles. The number of hydrogen-bond donors (Lipinski definition) is 1. The summed E-state index contributed by atoms with van der Waals surface area (Å²) in [6, 6.07) is 4.98. The number of rotatable bonds is 8. The van der Waals surface area contributed by atoms with Crippen LogP contribution >= 0.6 is 11.3 Å². The third-order valence-electron chi connectivity index (χ3n) is 8.53. The van der Waals surface area contributed by atoms with E-state index in [1.54, 1.807) is 37.1 Å². The maximum absolute atomic E-state index is 14.7. The van der Waals surface area contributed by atoms with Gasteiger partial charge in [0.1, 0.15) is 33.5 Å². The van der Waals surface area contributed by atoms with E-state index in [0.717, 1.165) is 4.57 Å². The number of fused-ring (bicyclic) bond motifs is 1. The Kier molecular flexibility index (Phi) is 7.96. The van der Waals surface area contributed by atoms with Crippen molar-refractivity contribution in [3.05, 3.63) is 74.4 Å². The van der Waals surface area contributed by atoms with E-state index in [-0.39, 0.29) is 18.6 Å². The van der Waals surface area contributed by atoms with Crippen LogP contribution in [-0.4, -0.2) is 67.7 Å². The standard InChI is InChI=1S/C30H34FN5O6S/c1-17-25-27(39)36(22-11-14-33(2)26(22)38)30(40)34(29(25)43-28(17)35-13-4-12-32-35)16-24(42-20-8-6-19(37)7-9-20)21-15-18(31)5-10-23(21)41-3/h4-5,10,12-13,15,19-20,22,24,37H,6-9,11,14,16H2,1-3H3/t19?,20?,22?,24-/m0/s1. The van der Waals surface area contributed by atoms with E-state index in [2.05, 4.69) is 5.10 Å². The van der Waals surface area contributed by atoms with Gasteiger partial charge in [0.25, 0.3) is 5.56 Å². The zero-order valence-corrected chi connectivity index (χ0v) is 25.1. The number of hydrogen-bond acceptors (Lipinski definition) is 8. The molecule has 43 heavy (non-hydrogen) atoms. The number of aliphatic hydroxyl groups is 1. The molecule has 0 spiro atoms. The van der Waals surface area contributed by atoms with Crippen molar-refractivity contribution in [2.45, 2.75) is 69.9 Å². The monoisotopic (exact) mass is 611 g/mol. The Bertz CT molecular complexity index is 1770. The highest BCUT2D eigenvalue weighted by Crippen LogP contribution is 2.36. The van der Waals surface area contributed by atoms with Crippen LogP contribution in [0.1, 0.15) is 55.4 Å². The van der Waals surface area contributed by atoms with E-state index in [0.29, 0.717) is 70.7 Å². The van der Waals surface area contributed by atoms with Gasteiger partial charge in [-0.25, -0.2) is 18.4 Å². The summed E-state index contributed by atoms with van der Waals surface area (Å²) in [6.45, 7) is 2.16. The van der Waals surface area contributed by atoms with Crippen molar-refractivity contribution in [2.24, 2.45) is 0 Å². The van der Waals surface area contributed by atoms with Crippen LogP contribution < -0.4 is 16.0 Å². The number of halogens is 1. The number of likely N-dealkylation sites (tertiary alicyclic amines) is 1. The van der Waals surface area contributed by atoms with Gasteiger partial charge in [0.2, 0.25) is 5.91 Å². The lowest BCUT2D eigenvalue weighted by atomic mass is 9.94. The molecule has 3 aromatic heterocycles. The average molecular weight is 612 g/mol. The van der Waals surface area contributed by atoms with Gasteiger partial charge in [-0.15, -0.1) is 0 Å². The fraction of sp³-hybridized carbons (Fsp3) is 0.467. The van der Waals surface area contributed by atoms with E-state index in [1.165, 1.54) is 46.1 Å². The van der Waals surface area contributed by atoms with Crippen molar-refractivity contribution in [2.75, 3.05) is 20.7 Å². The largest absolute Gasteiger partial charge is 0.496 e. The predicted octanol–water partition coefficient (Wildman–Crippen LogP) is 3.33. The maximum Gasteiger partial charge on any atom is 0.332 e. The summed E-state index contributed by atoms with van der Waals surface area (Å²) in [4.78, 5) is 43.4. The molecule has 4 aromatic rings. The first-order valence-corrected chi connectivity index (χ1v) is 15.2. The molecule has 228 valence electrons. The number of aromatic nitrogens is 4. The van der Waals surface area contributed by atoms with Crippen molar-refractivity contribution in [3.8, 4) is 10.8 Å². The van der Waals surface area contributed by atoms with Crippen LogP contribution in [0.2, 0.25) is 0 Å². The fourth-order valence-electron chi connectivity index (χ4n) is 6.19. The molecule has 11 nitrogen and oxygen atoms in total. The van der Waals surface area contributed by atoms with Gasteiger partial charge in [-0.05, 0) is 63.3 Å². The van der Waals surface area contributed by atoms with Gasteiger partial charge in [0.15, 0.2) is 0 Å². The highest BCUT2D eigenvalue weighted by atomic mass is 32.1. The third-order valence-corrected chi connectivity index (χ3v) is 9.83. The number of thiophene rings is 1. The average Bonchev–Trinajstić information content (AvgIpc) is 3.72. The molecule has 1 N–H and O–H groups in total. The quantitative estimate of drug-likeness (QED) is 0.325. The van der Waals surface area contributed by atoms with E-state index in [1.807, 2.05) is 0 Å². The summed E-state index contributed by atoms with van der Waals surface area (Å²) in [5.41, 5.74) is -0.109. The molecule has 2 aliphatic rings. The number of carbonyl (C=O) groups is 1. The Hall–Kier alpha value is -3.81. The summed E-state index contributed by atoms with van der Waals surface area (Å²) < 4.78 is 31.0. The van der Waals surface area contributed by atoms with Crippen molar-refractivity contribution >= 4 is 27.5 Å². The Morgan fingerprint density at radius 3 is 2.58 bits per heavy atom. The van der Waals surface area contributed by atoms with Crippen LogP contribution in [0.25, 0.3) is 15.2 Å². The summed E-state index contributed by atoms with van der Waals surface area (Å²) in [7, 11) is 3.13. The molecule has 1 saturated carbocycles. The second-order valence-electron chi connectivity index (χ2n) is 11.2. The Morgan fingerprint density at radius 2 is 1.93 bits per heavy atom. The lowest BCUT2D eigenvalue weighted by Crippen LogP contribution is -2.45. The predicted molar refractivity (Wildman–Crippen MR) is 159 cm³/mol. The summed E-state index contributed by atoms with van der Waals surface area (Å²) in [5, 5.41) is 15.4. The molecule has 2 fully saturated rings. The second kappa shape index (κ2) is 11.7.